The normalized spacial score (nSPS) is 12.2. The van der Waals surface area contributed by atoms with E-state index in [0.29, 0.717) is 5.82 Å². The second-order valence-corrected chi connectivity index (χ2v) is 6.37. The van der Waals surface area contributed by atoms with E-state index < -0.39 is 0 Å². The molecular weight excluding hydrogens is 326 g/mol. The van der Waals surface area contributed by atoms with Crippen molar-refractivity contribution in [3.63, 3.8) is 0 Å². The summed E-state index contributed by atoms with van der Waals surface area (Å²) in [5.74, 6) is 1.68. The summed E-state index contributed by atoms with van der Waals surface area (Å²) >= 11 is 0. The molecule has 136 valence electrons. The largest absolute Gasteiger partial charge is 0.368 e. The van der Waals surface area contributed by atoms with Crippen LogP contribution in [0.2, 0.25) is 0 Å². The Hall–Kier alpha value is -2.96. The number of nitrogens with one attached hydrogen (secondary N) is 1. The van der Waals surface area contributed by atoms with Crippen molar-refractivity contribution in [2.24, 2.45) is 0 Å². The topological polar surface area (TPSA) is 119 Å². The average molecular weight is 351 g/mol. The van der Waals surface area contributed by atoms with Crippen molar-refractivity contribution in [3.05, 3.63) is 48.0 Å². The number of anilines is 2. The number of rotatable bonds is 8. The molecule has 1 aromatic carbocycles. The molecule has 2 aromatic heterocycles. The van der Waals surface area contributed by atoms with E-state index in [-0.39, 0.29) is 17.8 Å². The number of aromatic nitrogens is 5. The molecule has 0 spiro atoms. The van der Waals surface area contributed by atoms with Crippen molar-refractivity contribution in [2.75, 3.05) is 11.5 Å². The molecule has 1 unspecified atom stereocenters. The quantitative estimate of drug-likeness (QED) is 0.534. The summed E-state index contributed by atoms with van der Waals surface area (Å²) in [7, 11) is 0. The highest BCUT2D eigenvalue weighted by Gasteiger charge is 2.21. The zero-order chi connectivity index (χ0) is 18.4. The van der Waals surface area contributed by atoms with Crippen LogP contribution in [0.15, 0.2) is 36.5 Å². The van der Waals surface area contributed by atoms with Crippen LogP contribution in [0.4, 0.5) is 11.9 Å². The lowest BCUT2D eigenvalue weighted by molar-refractivity contribution is 0.574. The first kappa shape index (κ1) is 17.8. The first-order chi connectivity index (χ1) is 12.7. The zero-order valence-electron chi connectivity index (χ0n) is 15.0. The lowest BCUT2D eigenvalue weighted by atomic mass is 9.97. The van der Waals surface area contributed by atoms with Gasteiger partial charge in [0.15, 0.2) is 0 Å². The fraction of sp³-hybridized carbons (Fsp3) is 0.368. The van der Waals surface area contributed by atoms with Crippen molar-refractivity contribution in [2.45, 2.75) is 44.9 Å². The van der Waals surface area contributed by atoms with E-state index in [2.05, 4.69) is 31.8 Å². The second kappa shape index (κ2) is 8.42. The molecule has 7 heteroatoms. The molecule has 5 N–H and O–H groups in total. The first-order valence-corrected chi connectivity index (χ1v) is 9.04. The minimum absolute atomic E-state index is 0.0376. The Morgan fingerprint density at radius 1 is 0.962 bits per heavy atom. The van der Waals surface area contributed by atoms with Crippen molar-refractivity contribution >= 4 is 11.9 Å². The van der Waals surface area contributed by atoms with Crippen LogP contribution >= 0.6 is 0 Å². The number of hydrogen-bond donors (Lipinski definition) is 3. The maximum absolute atomic E-state index is 5.78. The summed E-state index contributed by atoms with van der Waals surface area (Å²) in [4.78, 5) is 20.5. The Kier molecular flexibility index (Phi) is 5.78. The van der Waals surface area contributed by atoms with E-state index in [0.717, 1.165) is 29.9 Å². The summed E-state index contributed by atoms with van der Waals surface area (Å²) in [5.41, 5.74) is 13.6. The van der Waals surface area contributed by atoms with Crippen molar-refractivity contribution in [1.82, 2.24) is 24.9 Å². The predicted octanol–water partition coefficient (Wildman–Crippen LogP) is 3.53. The van der Waals surface area contributed by atoms with Crippen LogP contribution in [0.25, 0.3) is 11.4 Å². The second-order valence-electron chi connectivity index (χ2n) is 6.37. The van der Waals surface area contributed by atoms with Crippen molar-refractivity contribution in [1.29, 1.82) is 0 Å². The Morgan fingerprint density at radius 2 is 1.69 bits per heavy atom. The van der Waals surface area contributed by atoms with Gasteiger partial charge in [0.2, 0.25) is 11.9 Å². The summed E-state index contributed by atoms with van der Waals surface area (Å²) in [5, 5.41) is 0. The SMILES string of the molecule is CCCCCCC(c1nc(N)nc(N)n1)c1cnc(-c2ccccc2)[nH]1. The minimum Gasteiger partial charge on any atom is -0.368 e. The molecule has 1 atom stereocenters. The number of benzene rings is 1. The summed E-state index contributed by atoms with van der Waals surface area (Å²) in [6.45, 7) is 2.20. The fourth-order valence-corrected chi connectivity index (χ4v) is 3.04. The van der Waals surface area contributed by atoms with Gasteiger partial charge in [-0.05, 0) is 6.42 Å². The lowest BCUT2D eigenvalue weighted by Gasteiger charge is -2.14. The highest BCUT2D eigenvalue weighted by molar-refractivity contribution is 5.55. The zero-order valence-corrected chi connectivity index (χ0v) is 15.0. The smallest absolute Gasteiger partial charge is 0.225 e. The average Bonchev–Trinajstić information content (AvgIpc) is 3.11. The molecule has 26 heavy (non-hydrogen) atoms. The Morgan fingerprint density at radius 3 is 2.38 bits per heavy atom. The number of H-pyrrole nitrogens is 1. The highest BCUT2D eigenvalue weighted by atomic mass is 15.1. The molecule has 0 aliphatic heterocycles. The van der Waals surface area contributed by atoms with Gasteiger partial charge in [-0.15, -0.1) is 0 Å². The Balaban J connectivity index is 1.89. The summed E-state index contributed by atoms with van der Waals surface area (Å²) < 4.78 is 0. The van der Waals surface area contributed by atoms with Gasteiger partial charge in [0.1, 0.15) is 11.6 Å². The third-order valence-electron chi connectivity index (χ3n) is 4.36. The summed E-state index contributed by atoms with van der Waals surface area (Å²) in [6.07, 6.45) is 7.40. The first-order valence-electron chi connectivity index (χ1n) is 9.04. The van der Waals surface area contributed by atoms with Crippen LogP contribution in [-0.4, -0.2) is 24.9 Å². The molecular formula is C19H25N7. The molecule has 3 aromatic rings. The van der Waals surface area contributed by atoms with Gasteiger partial charge in [-0.25, -0.2) is 4.98 Å². The molecule has 0 radical (unpaired) electrons. The third kappa shape index (κ3) is 4.36. The molecule has 7 nitrogen and oxygen atoms in total. The van der Waals surface area contributed by atoms with Crippen molar-refractivity contribution < 1.29 is 0 Å². The van der Waals surface area contributed by atoms with Gasteiger partial charge in [0.05, 0.1) is 5.92 Å². The van der Waals surface area contributed by atoms with Gasteiger partial charge < -0.3 is 16.5 Å². The van der Waals surface area contributed by atoms with Gasteiger partial charge in [0, 0.05) is 17.5 Å². The van der Waals surface area contributed by atoms with E-state index >= 15 is 0 Å². The molecule has 0 fully saturated rings. The van der Waals surface area contributed by atoms with Crippen LogP contribution < -0.4 is 11.5 Å². The maximum Gasteiger partial charge on any atom is 0.225 e. The van der Waals surface area contributed by atoms with E-state index in [9.17, 15) is 0 Å². The van der Waals surface area contributed by atoms with E-state index in [1.807, 2.05) is 36.5 Å². The molecule has 0 bridgehead atoms. The monoisotopic (exact) mass is 351 g/mol. The van der Waals surface area contributed by atoms with Gasteiger partial charge in [-0.3, -0.25) is 0 Å². The molecule has 0 aliphatic carbocycles. The highest BCUT2D eigenvalue weighted by Crippen LogP contribution is 2.29. The number of nitrogens with zero attached hydrogens (tertiary/aromatic N) is 4. The molecule has 2 heterocycles. The number of aromatic amines is 1. The van der Waals surface area contributed by atoms with Crippen LogP contribution in [0.3, 0.4) is 0 Å². The lowest BCUT2D eigenvalue weighted by Crippen LogP contribution is -2.12. The predicted molar refractivity (Wildman–Crippen MR) is 103 cm³/mol. The molecule has 3 rings (SSSR count). The number of hydrogen-bond acceptors (Lipinski definition) is 6. The van der Waals surface area contributed by atoms with Gasteiger partial charge in [0.25, 0.3) is 0 Å². The van der Waals surface area contributed by atoms with E-state index in [4.69, 9.17) is 11.5 Å². The van der Waals surface area contributed by atoms with Crippen LogP contribution in [-0.2, 0) is 0 Å². The number of nitrogen functional groups attached to an aromatic ring is 2. The van der Waals surface area contributed by atoms with Gasteiger partial charge >= 0.3 is 0 Å². The van der Waals surface area contributed by atoms with Gasteiger partial charge in [-0.1, -0.05) is 62.9 Å². The Labute approximate surface area is 153 Å². The van der Waals surface area contributed by atoms with Crippen LogP contribution in [0, 0.1) is 0 Å². The molecule has 0 aliphatic rings. The summed E-state index contributed by atoms with van der Waals surface area (Å²) in [6, 6.07) is 10.0. The Bertz CT molecular complexity index is 809. The third-order valence-corrected chi connectivity index (χ3v) is 4.36. The standard InChI is InChI=1S/C19H25N7/c1-2-3-4-8-11-14(17-24-18(20)26-19(21)25-17)15-12-22-16(23-15)13-9-6-5-7-10-13/h5-7,9-10,12,14H,2-4,8,11H2,1H3,(H,22,23)(H4,20,21,24,25,26). The molecule has 0 saturated heterocycles. The molecule has 0 saturated carbocycles. The fourth-order valence-electron chi connectivity index (χ4n) is 3.04. The molecule has 0 amide bonds. The maximum atomic E-state index is 5.78. The van der Waals surface area contributed by atoms with Crippen LogP contribution in [0.5, 0.6) is 0 Å². The van der Waals surface area contributed by atoms with Crippen molar-refractivity contribution in [3.8, 4) is 11.4 Å². The van der Waals surface area contributed by atoms with Gasteiger partial charge in [-0.2, -0.15) is 15.0 Å². The minimum atomic E-state index is -0.0376. The van der Waals surface area contributed by atoms with E-state index in [1.54, 1.807) is 0 Å². The number of nitrogens with two attached hydrogens (primary N) is 2. The number of imidazole rings is 1. The van der Waals surface area contributed by atoms with E-state index in [1.165, 1.54) is 19.3 Å². The number of unbranched alkanes of at least 4 members (excludes halogenated alkanes) is 3. The van der Waals surface area contributed by atoms with Crippen LogP contribution in [0.1, 0.15) is 56.5 Å².